The fraction of sp³-hybridized carbons (Fsp3) is 0.926. The lowest BCUT2D eigenvalue weighted by Gasteiger charge is -2.45. The number of carbonyl (C=O) groups excluding carboxylic acids is 1. The summed E-state index contributed by atoms with van der Waals surface area (Å²) in [5, 5.41) is 19.7. The molecule has 6 unspecified atom stereocenters. The van der Waals surface area contributed by atoms with Crippen molar-refractivity contribution in [3.8, 4) is 6.07 Å². The molecular weight excluding hydrogens is 527 g/mol. The topological polar surface area (TPSA) is 160 Å². The van der Waals surface area contributed by atoms with Gasteiger partial charge in [0.05, 0.1) is 56.7 Å². The predicted octanol–water partition coefficient (Wildman–Crippen LogP) is 3.97. The van der Waals surface area contributed by atoms with Crippen LogP contribution in [0, 0.1) is 35.0 Å². The van der Waals surface area contributed by atoms with E-state index in [0.29, 0.717) is 13.0 Å². The summed E-state index contributed by atoms with van der Waals surface area (Å²) in [4.78, 5) is 11.0. The largest absolute Gasteiger partial charge is 0.475 e. The molecule has 2 aliphatic heterocycles. The molecule has 3 N–H and O–H groups in total. The summed E-state index contributed by atoms with van der Waals surface area (Å²) in [6.07, 6.45) is -0.283. The van der Waals surface area contributed by atoms with Crippen molar-refractivity contribution in [2.45, 2.75) is 110 Å². The summed E-state index contributed by atoms with van der Waals surface area (Å²) in [7, 11) is -4.17. The Kier molecular flexibility index (Phi) is 14.3. The summed E-state index contributed by atoms with van der Waals surface area (Å²) < 4.78 is 49.8. The number of primary amides is 1. The second-order valence-corrected chi connectivity index (χ2v) is 12.5. The van der Waals surface area contributed by atoms with E-state index in [1.807, 2.05) is 40.7 Å². The van der Waals surface area contributed by atoms with E-state index in [1.54, 1.807) is 0 Å². The normalized spacial score (nSPS) is 36.7. The Morgan fingerprint density at radius 2 is 1.54 bits per heavy atom. The lowest BCUT2D eigenvalue weighted by atomic mass is 9.80. The predicted molar refractivity (Wildman–Crippen MR) is 144 cm³/mol. The summed E-state index contributed by atoms with van der Waals surface area (Å²) in [6, 6.07) is 1.97. The second kappa shape index (κ2) is 16.4. The van der Waals surface area contributed by atoms with Gasteiger partial charge in [0.15, 0.2) is 0 Å². The Bertz CT molecular complexity index is 839. The van der Waals surface area contributed by atoms with Gasteiger partial charge in [-0.25, -0.2) is 4.57 Å². The van der Waals surface area contributed by atoms with Gasteiger partial charge in [0, 0.05) is 24.9 Å². The summed E-state index contributed by atoms with van der Waals surface area (Å²) >= 11 is 0. The fourth-order valence-electron chi connectivity index (χ4n) is 5.38. The Labute approximate surface area is 233 Å². The fourth-order valence-corrected chi connectivity index (χ4v) is 6.85. The molecule has 0 aromatic heterocycles. The van der Waals surface area contributed by atoms with E-state index in [0.717, 1.165) is 12.8 Å². The molecule has 0 aliphatic carbocycles. The Hall–Kier alpha value is -1.09. The molecule has 0 spiro atoms. The number of rotatable bonds is 16. The summed E-state index contributed by atoms with van der Waals surface area (Å²) in [5.41, 5.74) is 5.21. The van der Waals surface area contributed by atoms with Crippen LogP contribution in [-0.4, -0.2) is 74.1 Å². The molecule has 1 amide bonds. The minimum absolute atomic E-state index is 0.0125. The van der Waals surface area contributed by atoms with Gasteiger partial charge in [0.2, 0.25) is 5.91 Å². The van der Waals surface area contributed by atoms with Crippen LogP contribution in [-0.2, 0) is 37.1 Å². The van der Waals surface area contributed by atoms with E-state index in [2.05, 4.69) is 6.92 Å². The number of carbonyl (C=O) groups is 1. The minimum atomic E-state index is -4.17. The Balaban J connectivity index is 2.18. The molecule has 12 heteroatoms. The van der Waals surface area contributed by atoms with Gasteiger partial charge in [0.25, 0.3) is 0 Å². The van der Waals surface area contributed by atoms with Crippen LogP contribution in [0.4, 0.5) is 0 Å². The van der Waals surface area contributed by atoms with Crippen LogP contribution in [0.25, 0.3) is 0 Å². The summed E-state index contributed by atoms with van der Waals surface area (Å²) in [5.74, 6) is -0.649. The van der Waals surface area contributed by atoms with E-state index < -0.39 is 38.1 Å². The third-order valence-electron chi connectivity index (χ3n) is 8.16. The highest BCUT2D eigenvalue weighted by Gasteiger charge is 2.47. The van der Waals surface area contributed by atoms with Crippen molar-refractivity contribution in [1.29, 1.82) is 5.26 Å². The molecule has 0 bridgehead atoms. The van der Waals surface area contributed by atoms with Crippen molar-refractivity contribution in [2.24, 2.45) is 29.4 Å². The van der Waals surface area contributed by atoms with Gasteiger partial charge < -0.3 is 25.1 Å². The van der Waals surface area contributed by atoms with Gasteiger partial charge >= 0.3 is 7.82 Å². The molecule has 11 atom stereocenters. The van der Waals surface area contributed by atoms with Gasteiger partial charge in [-0.15, -0.1) is 0 Å². The maximum Gasteiger partial charge on any atom is 0.475 e. The van der Waals surface area contributed by atoms with Crippen LogP contribution >= 0.6 is 7.82 Å². The molecule has 2 fully saturated rings. The molecule has 2 saturated heterocycles. The van der Waals surface area contributed by atoms with Crippen molar-refractivity contribution in [3.63, 3.8) is 0 Å². The first-order chi connectivity index (χ1) is 18.5. The monoisotopic (exact) mass is 576 g/mol. The number of hydrogen-bond acceptors (Lipinski definition) is 10. The van der Waals surface area contributed by atoms with E-state index >= 15 is 0 Å². The molecule has 11 nitrogen and oxygen atoms in total. The molecule has 226 valence electrons. The SMILES string of the molecule is CC[C@H]1O[C@@H](COP(=O)(OCCC#N)OC2[C@@H](C)C(C)[C@@H](CC)O[C@H]2COCCCC(N)=O)C(C)C(O)C1C. The van der Waals surface area contributed by atoms with Crippen molar-refractivity contribution in [3.05, 3.63) is 0 Å². The average molecular weight is 577 g/mol. The van der Waals surface area contributed by atoms with Crippen LogP contribution in [0.3, 0.4) is 0 Å². The lowest BCUT2D eigenvalue weighted by molar-refractivity contribution is -0.189. The number of nitriles is 1. The molecular formula is C27H49N2O9P. The van der Waals surface area contributed by atoms with Crippen molar-refractivity contribution >= 4 is 13.7 Å². The number of ether oxygens (including phenoxy) is 3. The molecule has 39 heavy (non-hydrogen) atoms. The molecule has 0 aromatic rings. The quantitative estimate of drug-likeness (QED) is 0.203. The van der Waals surface area contributed by atoms with Gasteiger partial charge in [-0.05, 0) is 31.1 Å². The standard InChI is InChI=1S/C27H49N2O9P/c1-7-21-17(3)18(4)27(24(37-21)15-33-13-9-11-25(29)30)38-39(32,34-14-10-12-28)35-16-23-20(6)26(31)19(5)22(8-2)36-23/h17-24,26-27,31H,7-11,13-16H2,1-6H3,(H2,29,30)/t17?,18-,19?,20?,21+,22+,23-,24-,26?,27?,39?/m0/s1. The number of hydrogen-bond donors (Lipinski definition) is 2. The minimum Gasteiger partial charge on any atom is -0.392 e. The van der Waals surface area contributed by atoms with Crippen LogP contribution in [0.1, 0.15) is 73.6 Å². The van der Waals surface area contributed by atoms with Crippen molar-refractivity contribution in [1.82, 2.24) is 0 Å². The van der Waals surface area contributed by atoms with Crippen LogP contribution in [0.5, 0.6) is 0 Å². The highest BCUT2D eigenvalue weighted by atomic mass is 31.2. The van der Waals surface area contributed by atoms with Crippen LogP contribution < -0.4 is 5.73 Å². The summed E-state index contributed by atoms with van der Waals surface area (Å²) in [6.45, 7) is 12.2. The zero-order chi connectivity index (χ0) is 29.2. The maximum atomic E-state index is 14.0. The Morgan fingerprint density at radius 3 is 2.15 bits per heavy atom. The number of phosphoric ester groups is 1. The highest BCUT2D eigenvalue weighted by Crippen LogP contribution is 2.54. The van der Waals surface area contributed by atoms with Gasteiger partial charge in [-0.2, -0.15) is 5.26 Å². The zero-order valence-electron chi connectivity index (χ0n) is 24.3. The maximum absolute atomic E-state index is 14.0. The average Bonchev–Trinajstić information content (AvgIpc) is 2.90. The zero-order valence-corrected chi connectivity index (χ0v) is 25.2. The van der Waals surface area contributed by atoms with Crippen LogP contribution in [0.15, 0.2) is 0 Å². The van der Waals surface area contributed by atoms with Gasteiger partial charge in [-0.3, -0.25) is 18.4 Å². The molecule has 0 saturated carbocycles. The first kappa shape index (κ1) is 34.1. The van der Waals surface area contributed by atoms with E-state index in [4.69, 9.17) is 38.8 Å². The van der Waals surface area contributed by atoms with E-state index in [-0.39, 0.29) is 68.5 Å². The van der Waals surface area contributed by atoms with Gasteiger partial charge in [-0.1, -0.05) is 41.5 Å². The highest BCUT2D eigenvalue weighted by molar-refractivity contribution is 7.48. The lowest BCUT2D eigenvalue weighted by Crippen LogP contribution is -2.52. The number of amides is 1. The smallest absolute Gasteiger partial charge is 0.392 e. The molecule has 2 rings (SSSR count). The Morgan fingerprint density at radius 1 is 0.923 bits per heavy atom. The number of nitrogens with zero attached hydrogens (tertiary/aromatic N) is 1. The first-order valence-electron chi connectivity index (χ1n) is 14.3. The molecule has 2 aliphatic rings. The third-order valence-corrected chi connectivity index (χ3v) is 9.63. The van der Waals surface area contributed by atoms with Crippen molar-refractivity contribution < 1.29 is 42.2 Å². The number of aliphatic hydroxyl groups excluding tert-OH is 1. The van der Waals surface area contributed by atoms with Crippen LogP contribution in [0.2, 0.25) is 0 Å². The number of phosphoric acid groups is 1. The van der Waals surface area contributed by atoms with E-state index in [9.17, 15) is 14.5 Å². The molecule has 2 heterocycles. The van der Waals surface area contributed by atoms with Gasteiger partial charge in [0.1, 0.15) is 12.2 Å². The molecule has 0 aromatic carbocycles. The third kappa shape index (κ3) is 9.75. The van der Waals surface area contributed by atoms with Crippen molar-refractivity contribution in [2.75, 3.05) is 26.4 Å². The second-order valence-electron chi connectivity index (χ2n) is 10.9. The van der Waals surface area contributed by atoms with E-state index in [1.165, 1.54) is 0 Å². The number of aliphatic hydroxyl groups is 1. The number of nitrogens with two attached hydrogens (primary N) is 1. The first-order valence-corrected chi connectivity index (χ1v) is 15.7. The molecule has 0 radical (unpaired) electrons.